The van der Waals surface area contributed by atoms with Crippen LogP contribution in [-0.4, -0.2) is 42.6 Å². The molecule has 17 heavy (non-hydrogen) atoms. The molecule has 1 heterocycles. The minimum Gasteiger partial charge on any atom is -0.481 e. The van der Waals surface area contributed by atoms with Crippen LogP contribution >= 0.6 is 0 Å². The van der Waals surface area contributed by atoms with Crippen LogP contribution in [0.3, 0.4) is 0 Å². The molecule has 0 aromatic heterocycles. The molecule has 1 saturated heterocycles. The Bertz CT molecular complexity index is 410. The zero-order valence-electron chi connectivity index (χ0n) is 10.9. The molecule has 6 heteroatoms. The predicted molar refractivity (Wildman–Crippen MR) is 65.2 cm³/mol. The molecule has 100 valence electrons. The summed E-state index contributed by atoms with van der Waals surface area (Å²) in [6.07, 6.45) is 0.381. The number of hydrogen-bond donors (Lipinski definition) is 1. The van der Waals surface area contributed by atoms with E-state index < -0.39 is 21.4 Å². The fraction of sp³-hybridized carbons (Fsp3) is 0.909. The van der Waals surface area contributed by atoms with Crippen molar-refractivity contribution in [3.8, 4) is 0 Å². The Morgan fingerprint density at radius 1 is 1.41 bits per heavy atom. The number of hydrogen-bond acceptors (Lipinski definition) is 3. The van der Waals surface area contributed by atoms with Gasteiger partial charge in [-0.2, -0.15) is 0 Å². The molecule has 1 fully saturated rings. The molecule has 1 aliphatic rings. The quantitative estimate of drug-likeness (QED) is 0.829. The van der Waals surface area contributed by atoms with Crippen molar-refractivity contribution in [3.05, 3.63) is 0 Å². The van der Waals surface area contributed by atoms with Crippen LogP contribution in [0.1, 0.15) is 34.1 Å². The summed E-state index contributed by atoms with van der Waals surface area (Å²) >= 11 is 0. The third-order valence-corrected chi connectivity index (χ3v) is 5.29. The summed E-state index contributed by atoms with van der Waals surface area (Å²) in [6.45, 7) is 7.56. The van der Waals surface area contributed by atoms with Gasteiger partial charge in [0.1, 0.15) is 0 Å². The Balaban J connectivity index is 2.82. The number of nitrogens with zero attached hydrogens (tertiary/aromatic N) is 1. The van der Waals surface area contributed by atoms with Gasteiger partial charge in [-0.05, 0) is 18.8 Å². The molecule has 0 amide bonds. The van der Waals surface area contributed by atoms with E-state index in [4.69, 9.17) is 5.11 Å². The molecule has 0 aliphatic carbocycles. The van der Waals surface area contributed by atoms with Crippen molar-refractivity contribution in [2.24, 2.45) is 10.8 Å². The lowest BCUT2D eigenvalue weighted by Gasteiger charge is -2.24. The first-order valence-corrected chi connectivity index (χ1v) is 7.28. The number of carboxylic acids is 1. The Labute approximate surface area is 103 Å². The van der Waals surface area contributed by atoms with Gasteiger partial charge in [-0.15, -0.1) is 0 Å². The van der Waals surface area contributed by atoms with Crippen LogP contribution in [0.2, 0.25) is 0 Å². The topological polar surface area (TPSA) is 74.7 Å². The molecule has 0 aromatic carbocycles. The highest BCUT2D eigenvalue weighted by Crippen LogP contribution is 2.33. The molecule has 0 radical (unpaired) electrons. The Hall–Kier alpha value is -0.620. The summed E-state index contributed by atoms with van der Waals surface area (Å²) < 4.78 is 25.5. The number of aliphatic carboxylic acids is 1. The summed E-state index contributed by atoms with van der Waals surface area (Å²) in [6, 6.07) is 0. The fourth-order valence-electron chi connectivity index (χ4n) is 1.97. The lowest BCUT2D eigenvalue weighted by molar-refractivity contribution is -0.146. The SMILES string of the molecule is CC(C)(C)CS(=O)(=O)N1CCC(C)(C(=O)O)C1. The van der Waals surface area contributed by atoms with E-state index in [1.54, 1.807) is 6.92 Å². The highest BCUT2D eigenvalue weighted by atomic mass is 32.2. The predicted octanol–water partition coefficient (Wildman–Crippen LogP) is 1.16. The normalized spacial score (nSPS) is 27.3. The van der Waals surface area contributed by atoms with E-state index >= 15 is 0 Å². The highest BCUT2D eigenvalue weighted by Gasteiger charge is 2.45. The van der Waals surface area contributed by atoms with Crippen molar-refractivity contribution in [2.75, 3.05) is 18.8 Å². The van der Waals surface area contributed by atoms with Crippen LogP contribution in [0.4, 0.5) is 0 Å². The van der Waals surface area contributed by atoms with Gasteiger partial charge in [-0.25, -0.2) is 12.7 Å². The van der Waals surface area contributed by atoms with Gasteiger partial charge in [0.15, 0.2) is 0 Å². The number of rotatable bonds is 3. The van der Waals surface area contributed by atoms with Gasteiger partial charge < -0.3 is 5.11 Å². The Morgan fingerprint density at radius 3 is 2.29 bits per heavy atom. The van der Waals surface area contributed by atoms with Crippen molar-refractivity contribution in [1.29, 1.82) is 0 Å². The third kappa shape index (κ3) is 3.42. The number of sulfonamides is 1. The largest absolute Gasteiger partial charge is 0.481 e. The number of carbonyl (C=O) groups is 1. The molecule has 0 saturated carbocycles. The average Bonchev–Trinajstić information content (AvgIpc) is 2.45. The van der Waals surface area contributed by atoms with Gasteiger partial charge in [0.25, 0.3) is 0 Å². The first kappa shape index (κ1) is 14.4. The highest BCUT2D eigenvalue weighted by molar-refractivity contribution is 7.89. The monoisotopic (exact) mass is 263 g/mol. The third-order valence-electron chi connectivity index (χ3n) is 2.96. The zero-order chi connectivity index (χ0) is 13.5. The molecule has 1 unspecified atom stereocenters. The minimum atomic E-state index is -3.35. The maximum atomic E-state index is 12.1. The lowest BCUT2D eigenvalue weighted by Crippen LogP contribution is -2.38. The molecular formula is C11H21NO4S. The van der Waals surface area contributed by atoms with E-state index in [-0.39, 0.29) is 17.7 Å². The van der Waals surface area contributed by atoms with Crippen molar-refractivity contribution in [3.63, 3.8) is 0 Å². The average molecular weight is 263 g/mol. The molecule has 0 aromatic rings. The van der Waals surface area contributed by atoms with Crippen LogP contribution in [0, 0.1) is 10.8 Å². The van der Waals surface area contributed by atoms with E-state index in [9.17, 15) is 13.2 Å². The fourth-order valence-corrected chi connectivity index (χ4v) is 4.10. The van der Waals surface area contributed by atoms with Crippen molar-refractivity contribution >= 4 is 16.0 Å². The zero-order valence-corrected chi connectivity index (χ0v) is 11.7. The summed E-state index contributed by atoms with van der Waals surface area (Å²) in [5.41, 5.74) is -1.26. The molecule has 1 N–H and O–H groups in total. The summed E-state index contributed by atoms with van der Waals surface area (Å²) in [5.74, 6) is -0.874. The van der Waals surface area contributed by atoms with Crippen LogP contribution in [0.15, 0.2) is 0 Å². The van der Waals surface area contributed by atoms with Crippen molar-refractivity contribution < 1.29 is 18.3 Å². The van der Waals surface area contributed by atoms with Gasteiger partial charge in [-0.1, -0.05) is 20.8 Å². The second-order valence-corrected chi connectivity index (χ2v) is 8.24. The van der Waals surface area contributed by atoms with Gasteiger partial charge >= 0.3 is 5.97 Å². The first-order valence-electron chi connectivity index (χ1n) is 5.68. The van der Waals surface area contributed by atoms with Crippen molar-refractivity contribution in [1.82, 2.24) is 4.31 Å². The van der Waals surface area contributed by atoms with Crippen LogP contribution < -0.4 is 0 Å². The van der Waals surface area contributed by atoms with Gasteiger partial charge in [-0.3, -0.25) is 4.79 Å². The minimum absolute atomic E-state index is 0.0513. The second kappa shape index (κ2) is 4.24. The molecule has 1 aliphatic heterocycles. The van der Waals surface area contributed by atoms with E-state index in [1.165, 1.54) is 4.31 Å². The van der Waals surface area contributed by atoms with E-state index in [1.807, 2.05) is 20.8 Å². The lowest BCUT2D eigenvalue weighted by atomic mass is 9.90. The van der Waals surface area contributed by atoms with Crippen LogP contribution in [-0.2, 0) is 14.8 Å². The van der Waals surface area contributed by atoms with Gasteiger partial charge in [0.2, 0.25) is 10.0 Å². The number of carboxylic acid groups (broad SMARTS) is 1. The first-order chi connectivity index (χ1) is 7.46. The molecule has 1 rings (SSSR count). The second-order valence-electron chi connectivity index (χ2n) is 6.27. The molecular weight excluding hydrogens is 242 g/mol. The van der Waals surface area contributed by atoms with E-state index in [0.717, 1.165) is 0 Å². The van der Waals surface area contributed by atoms with Gasteiger partial charge in [0.05, 0.1) is 11.2 Å². The van der Waals surface area contributed by atoms with Crippen LogP contribution in [0.5, 0.6) is 0 Å². The summed E-state index contributed by atoms with van der Waals surface area (Å²) in [7, 11) is -3.35. The summed E-state index contributed by atoms with van der Waals surface area (Å²) in [5, 5.41) is 9.07. The maximum absolute atomic E-state index is 12.1. The molecule has 0 bridgehead atoms. The smallest absolute Gasteiger partial charge is 0.310 e. The molecule has 0 spiro atoms. The molecule has 1 atom stereocenters. The Morgan fingerprint density at radius 2 is 1.94 bits per heavy atom. The molecule has 5 nitrogen and oxygen atoms in total. The van der Waals surface area contributed by atoms with E-state index in [0.29, 0.717) is 13.0 Å². The maximum Gasteiger partial charge on any atom is 0.310 e. The Kier molecular flexibility index (Phi) is 3.60. The summed E-state index contributed by atoms with van der Waals surface area (Å²) in [4.78, 5) is 11.1. The van der Waals surface area contributed by atoms with E-state index in [2.05, 4.69) is 0 Å². The van der Waals surface area contributed by atoms with Gasteiger partial charge in [0, 0.05) is 13.1 Å². The van der Waals surface area contributed by atoms with Crippen LogP contribution in [0.25, 0.3) is 0 Å². The standard InChI is InChI=1S/C11H21NO4S/c1-10(2,3)8-17(15,16)12-6-5-11(4,7-12)9(13)14/h5-8H2,1-4H3,(H,13,14). The van der Waals surface area contributed by atoms with Crippen molar-refractivity contribution in [2.45, 2.75) is 34.1 Å².